The number of hydrogen-bond acceptors (Lipinski definition) is 2. The second-order valence-corrected chi connectivity index (χ2v) is 3.95. The van der Waals surface area contributed by atoms with Crippen molar-refractivity contribution in [3.63, 3.8) is 0 Å². The number of nitrogens with one attached hydrogen (secondary N) is 1. The number of hydrogen-bond donors (Lipinski definition) is 2. The topological polar surface area (TPSA) is 55.1 Å². The molecule has 0 radical (unpaired) electrons. The molecule has 0 aliphatic carbocycles. The molecule has 3 nitrogen and oxygen atoms in total. The third-order valence-electron chi connectivity index (χ3n) is 1.90. The largest absolute Gasteiger partial charge is 0.399 e. The van der Waals surface area contributed by atoms with Crippen LogP contribution in [0.4, 0.5) is 11.4 Å². The van der Waals surface area contributed by atoms with Crippen LogP contribution >= 0.6 is 15.9 Å². The molecule has 0 unspecified atom stereocenters. The number of nitrogen functional groups attached to an aromatic ring is 1. The molecule has 1 rings (SSSR count). The summed E-state index contributed by atoms with van der Waals surface area (Å²) < 4.78 is 0.816. The standard InChI is InChI=1S/C10H13BrN2O/c1-3-9(14)13-10-6(2)4-7(12)5-8(10)11/h4-5H,3,12H2,1-2H3,(H,13,14). The normalized spacial score (nSPS) is 9.93. The number of anilines is 2. The molecule has 0 bridgehead atoms. The lowest BCUT2D eigenvalue weighted by atomic mass is 10.2. The van der Waals surface area contributed by atoms with Gasteiger partial charge < -0.3 is 11.1 Å². The number of carbonyl (C=O) groups excluding carboxylic acids is 1. The Morgan fingerprint density at radius 1 is 1.57 bits per heavy atom. The van der Waals surface area contributed by atoms with Crippen LogP contribution in [-0.2, 0) is 4.79 Å². The van der Waals surface area contributed by atoms with Crippen molar-refractivity contribution in [2.45, 2.75) is 20.3 Å². The van der Waals surface area contributed by atoms with Gasteiger partial charge in [0.15, 0.2) is 0 Å². The fourth-order valence-corrected chi connectivity index (χ4v) is 1.83. The minimum atomic E-state index is -0.00132. The first-order valence-corrected chi connectivity index (χ1v) is 5.19. The molecular formula is C10H13BrN2O. The van der Waals surface area contributed by atoms with Crippen LogP contribution in [0.15, 0.2) is 16.6 Å². The third-order valence-corrected chi connectivity index (χ3v) is 2.52. The van der Waals surface area contributed by atoms with Crippen molar-refractivity contribution in [2.75, 3.05) is 11.1 Å². The van der Waals surface area contributed by atoms with E-state index in [0.29, 0.717) is 12.1 Å². The fourth-order valence-electron chi connectivity index (χ4n) is 1.16. The van der Waals surface area contributed by atoms with E-state index in [0.717, 1.165) is 15.7 Å². The number of aryl methyl sites for hydroxylation is 1. The van der Waals surface area contributed by atoms with Crippen LogP contribution in [0.2, 0.25) is 0 Å². The molecule has 0 saturated heterocycles. The number of benzene rings is 1. The van der Waals surface area contributed by atoms with Gasteiger partial charge >= 0.3 is 0 Å². The monoisotopic (exact) mass is 256 g/mol. The molecular weight excluding hydrogens is 244 g/mol. The van der Waals surface area contributed by atoms with Crippen molar-refractivity contribution in [1.29, 1.82) is 0 Å². The quantitative estimate of drug-likeness (QED) is 0.800. The number of carbonyl (C=O) groups is 1. The highest BCUT2D eigenvalue weighted by atomic mass is 79.9. The van der Waals surface area contributed by atoms with E-state index < -0.39 is 0 Å². The first kappa shape index (κ1) is 11.0. The van der Waals surface area contributed by atoms with E-state index in [2.05, 4.69) is 21.2 Å². The predicted octanol–water partition coefficient (Wildman–Crippen LogP) is 2.69. The Morgan fingerprint density at radius 2 is 2.21 bits per heavy atom. The van der Waals surface area contributed by atoms with Crippen LogP contribution in [0, 0.1) is 6.92 Å². The summed E-state index contributed by atoms with van der Waals surface area (Å²) in [5.74, 6) is -0.00132. The van der Waals surface area contributed by atoms with Crippen molar-refractivity contribution in [2.24, 2.45) is 0 Å². The van der Waals surface area contributed by atoms with Gasteiger partial charge in [0.25, 0.3) is 0 Å². The minimum Gasteiger partial charge on any atom is -0.399 e. The van der Waals surface area contributed by atoms with Gasteiger partial charge in [-0.05, 0) is 40.5 Å². The van der Waals surface area contributed by atoms with Crippen LogP contribution in [0.25, 0.3) is 0 Å². The molecule has 0 spiro atoms. The SMILES string of the molecule is CCC(=O)Nc1c(C)cc(N)cc1Br. The Hall–Kier alpha value is -1.03. The Kier molecular flexibility index (Phi) is 3.52. The molecule has 3 N–H and O–H groups in total. The molecule has 0 fully saturated rings. The van der Waals surface area contributed by atoms with E-state index in [4.69, 9.17) is 5.73 Å². The zero-order valence-electron chi connectivity index (χ0n) is 8.23. The van der Waals surface area contributed by atoms with Gasteiger partial charge in [-0.1, -0.05) is 6.92 Å². The molecule has 1 aromatic rings. The summed E-state index contributed by atoms with van der Waals surface area (Å²) in [6.07, 6.45) is 0.469. The molecule has 4 heteroatoms. The molecule has 1 amide bonds. The van der Waals surface area contributed by atoms with Gasteiger partial charge in [-0.15, -0.1) is 0 Å². The minimum absolute atomic E-state index is 0.00132. The van der Waals surface area contributed by atoms with Gasteiger partial charge in [0, 0.05) is 16.6 Å². The third kappa shape index (κ3) is 2.48. The molecule has 0 heterocycles. The first-order chi connectivity index (χ1) is 6.54. The zero-order valence-corrected chi connectivity index (χ0v) is 9.81. The van der Waals surface area contributed by atoms with Crippen LogP contribution in [-0.4, -0.2) is 5.91 Å². The van der Waals surface area contributed by atoms with Gasteiger partial charge in [0.2, 0.25) is 5.91 Å². The average molecular weight is 257 g/mol. The van der Waals surface area contributed by atoms with Gasteiger partial charge in [-0.2, -0.15) is 0 Å². The highest BCUT2D eigenvalue weighted by Gasteiger charge is 2.07. The summed E-state index contributed by atoms with van der Waals surface area (Å²) in [6.45, 7) is 3.72. The molecule has 0 aliphatic rings. The van der Waals surface area contributed by atoms with Crippen molar-refractivity contribution < 1.29 is 4.79 Å². The molecule has 76 valence electrons. The Balaban J connectivity index is 3.02. The van der Waals surface area contributed by atoms with E-state index in [-0.39, 0.29) is 5.91 Å². The highest BCUT2D eigenvalue weighted by Crippen LogP contribution is 2.28. The molecule has 0 atom stereocenters. The van der Waals surface area contributed by atoms with Gasteiger partial charge in [-0.25, -0.2) is 0 Å². The molecule has 0 aromatic heterocycles. The second-order valence-electron chi connectivity index (χ2n) is 3.10. The summed E-state index contributed by atoms with van der Waals surface area (Å²) in [7, 11) is 0. The maximum atomic E-state index is 11.2. The van der Waals surface area contributed by atoms with Gasteiger partial charge in [0.1, 0.15) is 0 Å². The summed E-state index contributed by atoms with van der Waals surface area (Å²) >= 11 is 3.36. The van der Waals surface area contributed by atoms with E-state index in [1.54, 1.807) is 6.07 Å². The Labute approximate surface area is 91.8 Å². The summed E-state index contributed by atoms with van der Waals surface area (Å²) in [5.41, 5.74) is 8.09. The number of amides is 1. The lowest BCUT2D eigenvalue weighted by Crippen LogP contribution is -2.11. The van der Waals surface area contributed by atoms with Crippen LogP contribution in [0.5, 0.6) is 0 Å². The van der Waals surface area contributed by atoms with Crippen LogP contribution in [0.1, 0.15) is 18.9 Å². The summed E-state index contributed by atoms with van der Waals surface area (Å²) in [5, 5.41) is 2.81. The van der Waals surface area contributed by atoms with Gasteiger partial charge in [-0.3, -0.25) is 4.79 Å². The maximum absolute atomic E-state index is 11.2. The van der Waals surface area contributed by atoms with Crippen molar-refractivity contribution in [3.05, 3.63) is 22.2 Å². The fraction of sp³-hybridized carbons (Fsp3) is 0.300. The average Bonchev–Trinajstić information content (AvgIpc) is 2.10. The highest BCUT2D eigenvalue weighted by molar-refractivity contribution is 9.10. The van der Waals surface area contributed by atoms with E-state index >= 15 is 0 Å². The van der Waals surface area contributed by atoms with Crippen LogP contribution < -0.4 is 11.1 Å². The summed E-state index contributed by atoms with van der Waals surface area (Å²) in [6, 6.07) is 3.61. The van der Waals surface area contributed by atoms with Crippen molar-refractivity contribution >= 4 is 33.2 Å². The first-order valence-electron chi connectivity index (χ1n) is 4.40. The molecule has 14 heavy (non-hydrogen) atoms. The Bertz CT molecular complexity index is 340. The van der Waals surface area contributed by atoms with E-state index in [9.17, 15) is 4.79 Å². The smallest absolute Gasteiger partial charge is 0.224 e. The number of nitrogens with two attached hydrogens (primary N) is 1. The lowest BCUT2D eigenvalue weighted by molar-refractivity contribution is -0.115. The molecule has 0 saturated carbocycles. The molecule has 1 aromatic carbocycles. The van der Waals surface area contributed by atoms with Crippen LogP contribution in [0.3, 0.4) is 0 Å². The van der Waals surface area contributed by atoms with E-state index in [1.807, 2.05) is 19.9 Å². The van der Waals surface area contributed by atoms with Crippen molar-refractivity contribution in [1.82, 2.24) is 0 Å². The number of rotatable bonds is 2. The lowest BCUT2D eigenvalue weighted by Gasteiger charge is -2.10. The second kappa shape index (κ2) is 4.46. The van der Waals surface area contributed by atoms with Gasteiger partial charge in [0.05, 0.1) is 5.69 Å². The van der Waals surface area contributed by atoms with E-state index in [1.165, 1.54) is 0 Å². The molecule has 0 aliphatic heterocycles. The maximum Gasteiger partial charge on any atom is 0.224 e. The van der Waals surface area contributed by atoms with Crippen molar-refractivity contribution in [3.8, 4) is 0 Å². The number of halogens is 1. The summed E-state index contributed by atoms with van der Waals surface area (Å²) in [4.78, 5) is 11.2. The Morgan fingerprint density at radius 3 is 2.71 bits per heavy atom. The zero-order chi connectivity index (χ0) is 10.7. The predicted molar refractivity (Wildman–Crippen MR) is 62.2 cm³/mol.